The number of carbonyl (C=O) groups is 4. The summed E-state index contributed by atoms with van der Waals surface area (Å²) in [7, 11) is 0. The SMILES string of the molecule is CCCCCCCN(C(=O)C(CC(N)=O)NC(=O)OC(C)(C)C)C(C(=O)NC1CCCCC1)c1cccc(O)c1. The molecule has 0 heterocycles. The lowest BCUT2D eigenvalue weighted by molar-refractivity contribution is -0.143. The highest BCUT2D eigenvalue weighted by Crippen LogP contribution is 2.28. The lowest BCUT2D eigenvalue weighted by atomic mass is 9.94. The highest BCUT2D eigenvalue weighted by molar-refractivity contribution is 5.94. The second-order valence-electron chi connectivity index (χ2n) is 11.7. The van der Waals surface area contributed by atoms with E-state index in [1.165, 1.54) is 17.0 Å². The number of unbranched alkanes of at least 4 members (excludes halogenated alkanes) is 4. The van der Waals surface area contributed by atoms with Gasteiger partial charge in [-0.05, 0) is 57.7 Å². The van der Waals surface area contributed by atoms with Crippen LogP contribution in [0, 0.1) is 0 Å². The molecule has 1 aromatic rings. The minimum atomic E-state index is -1.33. The van der Waals surface area contributed by atoms with Crippen molar-refractivity contribution in [2.45, 2.75) is 122 Å². The van der Waals surface area contributed by atoms with E-state index in [0.29, 0.717) is 12.0 Å². The number of phenols is 1. The van der Waals surface area contributed by atoms with Crippen LogP contribution in [0.4, 0.5) is 4.79 Å². The third-order valence-corrected chi connectivity index (χ3v) is 6.88. The Bertz CT molecular complexity index is 987. The van der Waals surface area contributed by atoms with E-state index < -0.39 is 42.0 Å². The number of aromatic hydroxyl groups is 1. The van der Waals surface area contributed by atoms with Gasteiger partial charge in [-0.2, -0.15) is 0 Å². The van der Waals surface area contributed by atoms with Gasteiger partial charge in [0.05, 0.1) is 6.42 Å². The van der Waals surface area contributed by atoms with Gasteiger partial charge in [-0.1, -0.05) is 64.0 Å². The zero-order valence-electron chi connectivity index (χ0n) is 24.5. The first-order valence-corrected chi connectivity index (χ1v) is 14.6. The van der Waals surface area contributed by atoms with E-state index in [0.717, 1.165) is 57.8 Å². The molecular formula is C30H48N4O6. The second kappa shape index (κ2) is 16.1. The Morgan fingerprint density at radius 2 is 1.75 bits per heavy atom. The van der Waals surface area contributed by atoms with E-state index in [1.54, 1.807) is 32.9 Å². The van der Waals surface area contributed by atoms with Gasteiger partial charge < -0.3 is 31.1 Å². The summed E-state index contributed by atoms with van der Waals surface area (Å²) in [4.78, 5) is 54.0. The van der Waals surface area contributed by atoms with Gasteiger partial charge in [0.25, 0.3) is 0 Å². The summed E-state index contributed by atoms with van der Waals surface area (Å²) in [6, 6.07) is 3.85. The summed E-state index contributed by atoms with van der Waals surface area (Å²) in [6.45, 7) is 7.39. The largest absolute Gasteiger partial charge is 0.508 e. The first-order chi connectivity index (χ1) is 18.9. The number of rotatable bonds is 14. The van der Waals surface area contributed by atoms with Crippen molar-refractivity contribution >= 4 is 23.8 Å². The molecule has 1 saturated carbocycles. The molecule has 0 aromatic heterocycles. The van der Waals surface area contributed by atoms with Crippen molar-refractivity contribution < 1.29 is 29.0 Å². The average molecular weight is 561 g/mol. The lowest BCUT2D eigenvalue weighted by Gasteiger charge is -2.35. The topological polar surface area (TPSA) is 151 Å². The summed E-state index contributed by atoms with van der Waals surface area (Å²) in [5, 5.41) is 15.9. The van der Waals surface area contributed by atoms with E-state index in [2.05, 4.69) is 17.6 Å². The number of nitrogens with two attached hydrogens (primary N) is 1. The standard InChI is InChI=1S/C30H48N4O6/c1-5-6-7-8-12-18-34(28(38)24(20-25(31)36)33-29(39)40-30(2,3)4)26(21-14-13-17-23(35)19-21)27(37)32-22-15-10-9-11-16-22/h13-14,17,19,22,24,26,35H,5-12,15-16,18,20H2,1-4H3,(H2,31,36)(H,32,37)(H,33,39). The molecule has 10 nitrogen and oxygen atoms in total. The maximum atomic E-state index is 14.1. The number of carbonyl (C=O) groups excluding carboxylic acids is 4. The first-order valence-electron chi connectivity index (χ1n) is 14.6. The number of amides is 4. The van der Waals surface area contributed by atoms with Crippen molar-refractivity contribution in [3.05, 3.63) is 29.8 Å². The van der Waals surface area contributed by atoms with Gasteiger partial charge in [0, 0.05) is 12.6 Å². The van der Waals surface area contributed by atoms with E-state index in [-0.39, 0.29) is 24.2 Å². The van der Waals surface area contributed by atoms with Crippen LogP contribution >= 0.6 is 0 Å². The number of ether oxygens (including phenoxy) is 1. The number of hydrogen-bond acceptors (Lipinski definition) is 6. The smallest absolute Gasteiger partial charge is 0.408 e. The van der Waals surface area contributed by atoms with Crippen molar-refractivity contribution in [1.82, 2.24) is 15.5 Å². The van der Waals surface area contributed by atoms with Gasteiger partial charge >= 0.3 is 6.09 Å². The lowest BCUT2D eigenvalue weighted by Crippen LogP contribution is -2.55. The third-order valence-electron chi connectivity index (χ3n) is 6.88. The van der Waals surface area contributed by atoms with Crippen molar-refractivity contribution in [1.29, 1.82) is 0 Å². The van der Waals surface area contributed by atoms with Crippen LogP contribution in [0.15, 0.2) is 24.3 Å². The Hall–Kier alpha value is -3.30. The highest BCUT2D eigenvalue weighted by atomic mass is 16.6. The van der Waals surface area contributed by atoms with Crippen molar-refractivity contribution in [3.63, 3.8) is 0 Å². The molecule has 1 aliphatic rings. The molecule has 224 valence electrons. The molecule has 0 spiro atoms. The van der Waals surface area contributed by atoms with Crippen LogP contribution in [0.1, 0.15) is 110 Å². The molecule has 2 rings (SSSR count). The molecule has 1 aliphatic carbocycles. The monoisotopic (exact) mass is 560 g/mol. The summed E-state index contributed by atoms with van der Waals surface area (Å²) in [5.41, 5.74) is 5.08. The molecule has 5 N–H and O–H groups in total. The highest BCUT2D eigenvalue weighted by Gasteiger charge is 2.37. The Morgan fingerprint density at radius 1 is 1.07 bits per heavy atom. The van der Waals surface area contributed by atoms with Crippen molar-refractivity contribution in [2.24, 2.45) is 5.73 Å². The van der Waals surface area contributed by atoms with E-state index in [4.69, 9.17) is 10.5 Å². The summed E-state index contributed by atoms with van der Waals surface area (Å²) < 4.78 is 5.33. The van der Waals surface area contributed by atoms with Crippen LogP contribution in [0.3, 0.4) is 0 Å². The van der Waals surface area contributed by atoms with Gasteiger partial charge in [0.2, 0.25) is 17.7 Å². The van der Waals surface area contributed by atoms with Crippen LogP contribution in [0.25, 0.3) is 0 Å². The number of nitrogens with one attached hydrogen (secondary N) is 2. The number of alkyl carbamates (subject to hydrolysis) is 1. The predicted octanol–water partition coefficient (Wildman–Crippen LogP) is 4.45. The molecule has 4 amide bonds. The molecule has 10 heteroatoms. The Kier molecular flexibility index (Phi) is 13.2. The molecule has 0 aliphatic heterocycles. The average Bonchev–Trinajstić information content (AvgIpc) is 2.86. The zero-order valence-corrected chi connectivity index (χ0v) is 24.5. The molecule has 0 saturated heterocycles. The van der Waals surface area contributed by atoms with Gasteiger partial charge in [-0.25, -0.2) is 4.79 Å². The normalized spacial score (nSPS) is 15.5. The summed E-state index contributed by atoms with van der Waals surface area (Å²) in [6.07, 6.45) is 8.09. The predicted molar refractivity (Wildman–Crippen MR) is 153 cm³/mol. The molecule has 1 aromatic carbocycles. The van der Waals surface area contributed by atoms with Crippen LogP contribution in [0.2, 0.25) is 0 Å². The summed E-state index contributed by atoms with van der Waals surface area (Å²) >= 11 is 0. The Morgan fingerprint density at radius 3 is 2.35 bits per heavy atom. The van der Waals surface area contributed by atoms with E-state index in [9.17, 15) is 24.3 Å². The second-order valence-corrected chi connectivity index (χ2v) is 11.7. The van der Waals surface area contributed by atoms with Crippen LogP contribution in [-0.2, 0) is 19.1 Å². The molecule has 2 atom stereocenters. The quantitative estimate of drug-likeness (QED) is 0.247. The number of hydrogen-bond donors (Lipinski definition) is 4. The van der Waals surface area contributed by atoms with Crippen LogP contribution < -0.4 is 16.4 Å². The number of benzene rings is 1. The molecular weight excluding hydrogens is 512 g/mol. The molecule has 1 fully saturated rings. The van der Waals surface area contributed by atoms with Crippen molar-refractivity contribution in [2.75, 3.05) is 6.54 Å². The van der Waals surface area contributed by atoms with Crippen LogP contribution in [-0.4, -0.2) is 58.1 Å². The van der Waals surface area contributed by atoms with Gasteiger partial charge in [-0.3, -0.25) is 14.4 Å². The first kappa shape index (κ1) is 32.9. The molecule has 0 radical (unpaired) electrons. The Balaban J connectivity index is 2.46. The van der Waals surface area contributed by atoms with E-state index >= 15 is 0 Å². The van der Waals surface area contributed by atoms with Crippen molar-refractivity contribution in [3.8, 4) is 5.75 Å². The summed E-state index contributed by atoms with van der Waals surface area (Å²) in [5.74, 6) is -1.80. The minimum Gasteiger partial charge on any atom is -0.508 e. The number of nitrogens with zero attached hydrogens (tertiary/aromatic N) is 1. The molecule has 40 heavy (non-hydrogen) atoms. The fourth-order valence-electron chi connectivity index (χ4n) is 5.00. The zero-order chi connectivity index (χ0) is 29.7. The maximum Gasteiger partial charge on any atom is 0.408 e. The molecule has 0 bridgehead atoms. The fraction of sp³-hybridized carbons (Fsp3) is 0.667. The minimum absolute atomic E-state index is 0.0103. The van der Waals surface area contributed by atoms with Crippen LogP contribution in [0.5, 0.6) is 5.75 Å². The third kappa shape index (κ3) is 11.4. The number of phenolic OH excluding ortho intramolecular Hbond substituents is 1. The van der Waals surface area contributed by atoms with Gasteiger partial charge in [0.15, 0.2) is 0 Å². The van der Waals surface area contributed by atoms with Gasteiger partial charge in [-0.15, -0.1) is 0 Å². The molecule has 2 unspecified atom stereocenters. The Labute approximate surface area is 238 Å². The fourth-order valence-corrected chi connectivity index (χ4v) is 5.00. The maximum absolute atomic E-state index is 14.1. The number of primary amides is 1. The van der Waals surface area contributed by atoms with E-state index in [1.807, 2.05) is 0 Å². The van der Waals surface area contributed by atoms with Gasteiger partial charge in [0.1, 0.15) is 23.4 Å².